The van der Waals surface area contributed by atoms with Crippen LogP contribution in [0.15, 0.2) is 46.2 Å². The van der Waals surface area contributed by atoms with Gasteiger partial charge in [0.15, 0.2) is 16.7 Å². The molecule has 0 saturated heterocycles. The van der Waals surface area contributed by atoms with Gasteiger partial charge in [-0.05, 0) is 29.8 Å². The molecule has 1 aromatic carbocycles. The van der Waals surface area contributed by atoms with Gasteiger partial charge in [-0.25, -0.2) is 0 Å². The van der Waals surface area contributed by atoms with Crippen LogP contribution in [-0.4, -0.2) is 28.5 Å². The standard InChI is InChI=1S/C19H21F2N3O3S/c1-12(2)17-22-23-19(24(17)10-14-5-4-8-26-14)28-11-13-6-7-15(27-18(20)21)16(9-13)25-3/h4-9,12,18H,10-11H2,1-3H3. The number of aromatic nitrogens is 3. The Balaban J connectivity index is 1.77. The molecule has 0 amide bonds. The molecule has 6 nitrogen and oxygen atoms in total. The number of halogens is 2. The molecule has 0 N–H and O–H groups in total. The zero-order chi connectivity index (χ0) is 20.1. The Morgan fingerprint density at radius 3 is 2.64 bits per heavy atom. The Labute approximate surface area is 165 Å². The van der Waals surface area contributed by atoms with Gasteiger partial charge in [-0.15, -0.1) is 10.2 Å². The third-order valence-corrected chi connectivity index (χ3v) is 5.01. The van der Waals surface area contributed by atoms with E-state index in [0.29, 0.717) is 12.3 Å². The Bertz CT molecular complexity index is 898. The van der Waals surface area contributed by atoms with E-state index in [9.17, 15) is 8.78 Å². The summed E-state index contributed by atoms with van der Waals surface area (Å²) in [5, 5.41) is 9.38. The Hall–Kier alpha value is -2.55. The summed E-state index contributed by atoms with van der Waals surface area (Å²) in [4.78, 5) is 0. The molecule has 0 radical (unpaired) electrons. The van der Waals surface area contributed by atoms with E-state index in [1.54, 1.807) is 18.4 Å². The molecule has 0 aliphatic carbocycles. The van der Waals surface area contributed by atoms with Gasteiger partial charge in [-0.1, -0.05) is 31.7 Å². The fraction of sp³-hybridized carbons (Fsp3) is 0.368. The molecule has 3 rings (SSSR count). The van der Waals surface area contributed by atoms with Gasteiger partial charge in [0.2, 0.25) is 0 Å². The lowest BCUT2D eigenvalue weighted by Crippen LogP contribution is -2.07. The summed E-state index contributed by atoms with van der Waals surface area (Å²) in [6, 6.07) is 8.64. The molecule has 0 aliphatic heterocycles. The van der Waals surface area contributed by atoms with Crippen LogP contribution in [0.3, 0.4) is 0 Å². The van der Waals surface area contributed by atoms with Gasteiger partial charge in [-0.2, -0.15) is 8.78 Å². The molecule has 2 heterocycles. The van der Waals surface area contributed by atoms with Crippen LogP contribution in [0, 0.1) is 0 Å². The molecule has 0 aliphatic rings. The van der Waals surface area contributed by atoms with Crippen LogP contribution in [-0.2, 0) is 12.3 Å². The number of hydrogen-bond donors (Lipinski definition) is 0. The minimum absolute atomic E-state index is 0.00864. The summed E-state index contributed by atoms with van der Waals surface area (Å²) in [5.41, 5.74) is 0.891. The number of thioether (sulfide) groups is 1. The number of ether oxygens (including phenoxy) is 2. The SMILES string of the molecule is COc1cc(CSc2nnc(C(C)C)n2Cc2ccco2)ccc1OC(F)F. The molecule has 28 heavy (non-hydrogen) atoms. The van der Waals surface area contributed by atoms with Crippen molar-refractivity contribution in [1.82, 2.24) is 14.8 Å². The first kappa shape index (κ1) is 20.2. The van der Waals surface area contributed by atoms with Crippen LogP contribution in [0.1, 0.15) is 36.9 Å². The van der Waals surface area contributed by atoms with E-state index in [-0.39, 0.29) is 17.4 Å². The van der Waals surface area contributed by atoms with Gasteiger partial charge >= 0.3 is 6.61 Å². The molecule has 3 aromatic rings. The lowest BCUT2D eigenvalue weighted by Gasteiger charge is -2.12. The van der Waals surface area contributed by atoms with Gasteiger partial charge < -0.3 is 13.9 Å². The van der Waals surface area contributed by atoms with Gasteiger partial charge in [0.1, 0.15) is 11.6 Å². The van der Waals surface area contributed by atoms with Gasteiger partial charge in [-0.3, -0.25) is 4.57 Å². The summed E-state index contributed by atoms with van der Waals surface area (Å²) in [5.74, 6) is 2.74. The van der Waals surface area contributed by atoms with Crippen molar-refractivity contribution in [3.8, 4) is 11.5 Å². The van der Waals surface area contributed by atoms with Crippen LogP contribution in [0.4, 0.5) is 8.78 Å². The molecule has 0 bridgehead atoms. The maximum Gasteiger partial charge on any atom is 0.387 e. The average Bonchev–Trinajstić information content (AvgIpc) is 3.31. The van der Waals surface area contributed by atoms with Crippen molar-refractivity contribution in [3.63, 3.8) is 0 Å². The van der Waals surface area contributed by atoms with Gasteiger partial charge in [0.05, 0.1) is 19.9 Å². The monoisotopic (exact) mass is 409 g/mol. The lowest BCUT2D eigenvalue weighted by molar-refractivity contribution is -0.0512. The molecule has 0 spiro atoms. The summed E-state index contributed by atoms with van der Waals surface area (Å²) >= 11 is 1.50. The fourth-order valence-electron chi connectivity index (χ4n) is 2.68. The van der Waals surface area contributed by atoms with Gasteiger partial charge in [0, 0.05) is 11.7 Å². The zero-order valence-electron chi connectivity index (χ0n) is 15.8. The average molecular weight is 409 g/mol. The molecule has 0 fully saturated rings. The fourth-order valence-corrected chi connectivity index (χ4v) is 3.57. The highest BCUT2D eigenvalue weighted by molar-refractivity contribution is 7.98. The Morgan fingerprint density at radius 2 is 2.00 bits per heavy atom. The van der Waals surface area contributed by atoms with E-state index >= 15 is 0 Å². The highest BCUT2D eigenvalue weighted by Crippen LogP contribution is 2.32. The van der Waals surface area contributed by atoms with Crippen molar-refractivity contribution in [2.75, 3.05) is 7.11 Å². The number of hydrogen-bond acceptors (Lipinski definition) is 6. The smallest absolute Gasteiger partial charge is 0.387 e. The van der Waals surface area contributed by atoms with E-state index in [4.69, 9.17) is 9.15 Å². The molecular weight excluding hydrogens is 388 g/mol. The largest absolute Gasteiger partial charge is 0.493 e. The Kier molecular flexibility index (Phi) is 6.56. The van der Waals surface area contributed by atoms with E-state index in [1.165, 1.54) is 24.9 Å². The highest BCUT2D eigenvalue weighted by atomic mass is 32.2. The predicted octanol–water partition coefficient (Wildman–Crippen LogP) is 4.95. The van der Waals surface area contributed by atoms with Crippen LogP contribution in [0.5, 0.6) is 11.5 Å². The second-order valence-corrected chi connectivity index (χ2v) is 7.26. The van der Waals surface area contributed by atoms with E-state index < -0.39 is 6.61 Å². The molecule has 2 aromatic heterocycles. The first-order valence-corrected chi connectivity index (χ1v) is 9.66. The van der Waals surface area contributed by atoms with Crippen molar-refractivity contribution >= 4 is 11.8 Å². The number of benzene rings is 1. The predicted molar refractivity (Wildman–Crippen MR) is 101 cm³/mol. The van der Waals surface area contributed by atoms with Crippen molar-refractivity contribution in [2.45, 2.75) is 43.8 Å². The van der Waals surface area contributed by atoms with E-state index in [1.807, 2.05) is 16.7 Å². The highest BCUT2D eigenvalue weighted by Gasteiger charge is 2.17. The normalized spacial score (nSPS) is 11.4. The maximum atomic E-state index is 12.5. The first-order valence-electron chi connectivity index (χ1n) is 8.68. The number of rotatable bonds is 9. The van der Waals surface area contributed by atoms with Crippen LogP contribution >= 0.6 is 11.8 Å². The Morgan fingerprint density at radius 1 is 1.18 bits per heavy atom. The molecule has 9 heteroatoms. The van der Waals surface area contributed by atoms with Gasteiger partial charge in [0.25, 0.3) is 0 Å². The summed E-state index contributed by atoms with van der Waals surface area (Å²) in [6.07, 6.45) is 1.64. The number of furan rings is 1. The number of nitrogens with zero attached hydrogens (tertiary/aromatic N) is 3. The number of methoxy groups -OCH3 is 1. The van der Waals surface area contributed by atoms with Crippen molar-refractivity contribution in [2.24, 2.45) is 0 Å². The third-order valence-electron chi connectivity index (χ3n) is 3.97. The van der Waals surface area contributed by atoms with Crippen molar-refractivity contribution < 1.29 is 22.7 Å². The maximum absolute atomic E-state index is 12.5. The quantitative estimate of drug-likeness (QED) is 0.466. The minimum Gasteiger partial charge on any atom is -0.493 e. The second kappa shape index (κ2) is 9.09. The second-order valence-electron chi connectivity index (χ2n) is 6.31. The molecule has 0 unspecified atom stereocenters. The van der Waals surface area contributed by atoms with Crippen LogP contribution in [0.2, 0.25) is 0 Å². The summed E-state index contributed by atoms with van der Waals surface area (Å²) < 4.78 is 42.0. The molecule has 0 saturated carbocycles. The van der Waals surface area contributed by atoms with E-state index in [2.05, 4.69) is 28.8 Å². The first-order chi connectivity index (χ1) is 13.5. The van der Waals surface area contributed by atoms with Crippen LogP contribution < -0.4 is 9.47 Å². The summed E-state index contributed by atoms with van der Waals surface area (Å²) in [7, 11) is 1.42. The number of alkyl halides is 2. The third kappa shape index (κ3) is 4.83. The molecule has 150 valence electrons. The van der Waals surface area contributed by atoms with E-state index in [0.717, 1.165) is 22.3 Å². The minimum atomic E-state index is -2.90. The summed E-state index contributed by atoms with van der Waals surface area (Å²) in [6.45, 7) is 1.76. The lowest BCUT2D eigenvalue weighted by atomic mass is 10.2. The molecule has 0 atom stereocenters. The molecular formula is C19H21F2N3O3S. The topological polar surface area (TPSA) is 62.3 Å². The van der Waals surface area contributed by atoms with Crippen molar-refractivity contribution in [3.05, 3.63) is 53.7 Å². The van der Waals surface area contributed by atoms with Crippen LogP contribution in [0.25, 0.3) is 0 Å². The van der Waals surface area contributed by atoms with Crippen molar-refractivity contribution in [1.29, 1.82) is 0 Å². The zero-order valence-corrected chi connectivity index (χ0v) is 16.6.